The van der Waals surface area contributed by atoms with E-state index in [1.54, 1.807) is 12.3 Å². The molecule has 0 aliphatic rings. The molecule has 2 N–H and O–H groups in total. The van der Waals surface area contributed by atoms with Gasteiger partial charge in [-0.3, -0.25) is 4.79 Å². The normalized spacial score (nSPS) is 10.8. The largest absolute Gasteiger partial charge is 0.361 e. The number of hydrogen-bond acceptors (Lipinski definition) is 3. The minimum Gasteiger partial charge on any atom is -0.361 e. The maximum atomic E-state index is 11.8. The van der Waals surface area contributed by atoms with Gasteiger partial charge in [0.25, 0.3) is 0 Å². The third-order valence-electron chi connectivity index (χ3n) is 3.25. The Labute approximate surface area is 116 Å². The molecule has 102 valence electrons. The summed E-state index contributed by atoms with van der Waals surface area (Å²) in [5.41, 5.74) is 2.26. The van der Waals surface area contributed by atoms with Gasteiger partial charge < -0.3 is 14.8 Å². The van der Waals surface area contributed by atoms with Crippen LogP contribution in [0.15, 0.2) is 47.2 Å². The van der Waals surface area contributed by atoms with Gasteiger partial charge >= 0.3 is 0 Å². The van der Waals surface area contributed by atoms with Crippen LogP contribution in [0.5, 0.6) is 0 Å². The van der Waals surface area contributed by atoms with Gasteiger partial charge in [-0.15, -0.1) is 0 Å². The van der Waals surface area contributed by atoms with Crippen LogP contribution in [0.1, 0.15) is 17.7 Å². The molecule has 3 aromatic rings. The molecule has 0 aliphatic carbocycles. The standard InChI is InChI=1S/C15H15N3O2/c19-15(17-10-12-7-8-18-20-12)6-5-11-9-16-14-4-2-1-3-13(11)14/h1-4,7-9,16H,5-6,10H2,(H,17,19). The molecule has 0 unspecified atom stereocenters. The summed E-state index contributed by atoms with van der Waals surface area (Å²) in [6.45, 7) is 0.382. The average molecular weight is 269 g/mol. The maximum absolute atomic E-state index is 11.8. The van der Waals surface area contributed by atoms with Gasteiger partial charge in [-0.2, -0.15) is 0 Å². The summed E-state index contributed by atoms with van der Waals surface area (Å²) in [6, 6.07) is 9.83. The Balaban J connectivity index is 1.55. The van der Waals surface area contributed by atoms with E-state index in [1.807, 2.05) is 24.4 Å². The Morgan fingerprint density at radius 1 is 1.30 bits per heavy atom. The van der Waals surface area contributed by atoms with Crippen molar-refractivity contribution in [3.05, 3.63) is 54.0 Å². The van der Waals surface area contributed by atoms with Crippen LogP contribution in [0, 0.1) is 0 Å². The van der Waals surface area contributed by atoms with Crippen molar-refractivity contribution in [2.75, 3.05) is 0 Å². The van der Waals surface area contributed by atoms with E-state index in [2.05, 4.69) is 21.5 Å². The Kier molecular flexibility index (Phi) is 3.50. The lowest BCUT2D eigenvalue weighted by Gasteiger charge is -2.02. The predicted octanol–water partition coefficient (Wildman–Crippen LogP) is 2.40. The number of carbonyl (C=O) groups is 1. The predicted molar refractivity (Wildman–Crippen MR) is 75.0 cm³/mol. The summed E-state index contributed by atoms with van der Waals surface area (Å²) in [6.07, 6.45) is 4.70. The molecule has 5 heteroatoms. The van der Waals surface area contributed by atoms with Crippen LogP contribution >= 0.6 is 0 Å². The number of nitrogens with zero attached hydrogens (tertiary/aromatic N) is 1. The first kappa shape index (κ1) is 12.5. The molecule has 0 fully saturated rings. The second kappa shape index (κ2) is 5.61. The molecule has 1 amide bonds. The lowest BCUT2D eigenvalue weighted by molar-refractivity contribution is -0.121. The lowest BCUT2D eigenvalue weighted by Crippen LogP contribution is -2.22. The molecule has 0 spiro atoms. The van der Waals surface area contributed by atoms with E-state index in [1.165, 1.54) is 5.39 Å². The zero-order valence-corrected chi connectivity index (χ0v) is 10.9. The first-order chi connectivity index (χ1) is 9.83. The highest BCUT2D eigenvalue weighted by Crippen LogP contribution is 2.18. The highest BCUT2D eigenvalue weighted by atomic mass is 16.5. The van der Waals surface area contributed by atoms with Crippen molar-refractivity contribution in [2.24, 2.45) is 0 Å². The number of para-hydroxylation sites is 1. The number of H-pyrrole nitrogens is 1. The van der Waals surface area contributed by atoms with Gasteiger partial charge in [0.15, 0.2) is 5.76 Å². The van der Waals surface area contributed by atoms with Crippen LogP contribution in [0.2, 0.25) is 0 Å². The highest BCUT2D eigenvalue weighted by Gasteiger charge is 2.07. The van der Waals surface area contributed by atoms with Crippen molar-refractivity contribution in [1.29, 1.82) is 0 Å². The van der Waals surface area contributed by atoms with Crippen molar-refractivity contribution in [1.82, 2.24) is 15.5 Å². The molecular weight excluding hydrogens is 254 g/mol. The van der Waals surface area contributed by atoms with Crippen LogP contribution in [0.25, 0.3) is 10.9 Å². The number of aryl methyl sites for hydroxylation is 1. The maximum Gasteiger partial charge on any atom is 0.220 e. The van der Waals surface area contributed by atoms with Crippen LogP contribution < -0.4 is 5.32 Å². The molecule has 3 rings (SSSR count). The molecule has 5 nitrogen and oxygen atoms in total. The SMILES string of the molecule is O=C(CCc1c[nH]c2ccccc12)NCc1ccno1. The zero-order chi connectivity index (χ0) is 13.8. The number of carbonyl (C=O) groups excluding carboxylic acids is 1. The zero-order valence-electron chi connectivity index (χ0n) is 10.9. The van der Waals surface area contributed by atoms with Crippen molar-refractivity contribution in [3.63, 3.8) is 0 Å². The molecule has 1 aromatic carbocycles. The molecule has 0 saturated carbocycles. The first-order valence-corrected chi connectivity index (χ1v) is 6.54. The van der Waals surface area contributed by atoms with Gasteiger partial charge in [-0.1, -0.05) is 23.4 Å². The van der Waals surface area contributed by atoms with Gasteiger partial charge in [-0.25, -0.2) is 0 Å². The average Bonchev–Trinajstić information content (AvgIpc) is 3.12. The quantitative estimate of drug-likeness (QED) is 0.747. The van der Waals surface area contributed by atoms with E-state index in [0.717, 1.165) is 11.1 Å². The monoisotopic (exact) mass is 269 g/mol. The summed E-state index contributed by atoms with van der Waals surface area (Å²) in [5.74, 6) is 0.664. The highest BCUT2D eigenvalue weighted by molar-refractivity contribution is 5.84. The van der Waals surface area contributed by atoms with Gasteiger partial charge in [0.1, 0.15) is 0 Å². The van der Waals surface area contributed by atoms with E-state index in [9.17, 15) is 4.79 Å². The summed E-state index contributed by atoms with van der Waals surface area (Å²) in [7, 11) is 0. The summed E-state index contributed by atoms with van der Waals surface area (Å²) in [4.78, 5) is 15.0. The lowest BCUT2D eigenvalue weighted by atomic mass is 10.1. The number of amides is 1. The van der Waals surface area contributed by atoms with E-state index >= 15 is 0 Å². The molecule has 0 aliphatic heterocycles. The number of aromatic amines is 1. The van der Waals surface area contributed by atoms with Gasteiger partial charge in [0.2, 0.25) is 5.91 Å². The fraction of sp³-hybridized carbons (Fsp3) is 0.200. The number of fused-ring (bicyclic) bond motifs is 1. The minimum atomic E-state index is 0.00619. The summed E-state index contributed by atoms with van der Waals surface area (Å²) < 4.78 is 4.92. The van der Waals surface area contributed by atoms with Gasteiger partial charge in [-0.05, 0) is 18.1 Å². The minimum absolute atomic E-state index is 0.00619. The van der Waals surface area contributed by atoms with Crippen LogP contribution in [0.3, 0.4) is 0 Å². The van der Waals surface area contributed by atoms with Crippen molar-refractivity contribution >= 4 is 16.8 Å². The second-order valence-electron chi connectivity index (χ2n) is 4.61. The van der Waals surface area contributed by atoms with E-state index in [4.69, 9.17) is 4.52 Å². The van der Waals surface area contributed by atoms with E-state index < -0.39 is 0 Å². The first-order valence-electron chi connectivity index (χ1n) is 6.54. The molecular formula is C15H15N3O2. The van der Waals surface area contributed by atoms with Gasteiger partial charge in [0, 0.05) is 29.6 Å². The number of benzene rings is 1. The Morgan fingerprint density at radius 3 is 3.05 bits per heavy atom. The van der Waals surface area contributed by atoms with Crippen molar-refractivity contribution < 1.29 is 9.32 Å². The molecule has 2 aromatic heterocycles. The molecule has 0 radical (unpaired) electrons. The second-order valence-corrected chi connectivity index (χ2v) is 4.61. The summed E-state index contributed by atoms with van der Waals surface area (Å²) >= 11 is 0. The third-order valence-corrected chi connectivity index (χ3v) is 3.25. The van der Waals surface area contributed by atoms with Gasteiger partial charge in [0.05, 0.1) is 12.7 Å². The molecule has 0 bridgehead atoms. The Hall–Kier alpha value is -2.56. The molecule has 0 saturated heterocycles. The topological polar surface area (TPSA) is 70.9 Å². The van der Waals surface area contributed by atoms with E-state index in [-0.39, 0.29) is 5.91 Å². The fourth-order valence-electron chi connectivity index (χ4n) is 2.19. The molecule has 2 heterocycles. The van der Waals surface area contributed by atoms with Crippen molar-refractivity contribution in [2.45, 2.75) is 19.4 Å². The smallest absolute Gasteiger partial charge is 0.220 e. The molecule has 0 atom stereocenters. The Morgan fingerprint density at radius 2 is 2.20 bits per heavy atom. The Bertz CT molecular complexity index is 701. The summed E-state index contributed by atoms with van der Waals surface area (Å²) in [5, 5.41) is 7.58. The van der Waals surface area contributed by atoms with Crippen molar-refractivity contribution in [3.8, 4) is 0 Å². The number of aromatic nitrogens is 2. The number of nitrogens with one attached hydrogen (secondary N) is 2. The van der Waals surface area contributed by atoms with Crippen LogP contribution in [0.4, 0.5) is 0 Å². The fourth-order valence-corrected chi connectivity index (χ4v) is 2.19. The molecule has 20 heavy (non-hydrogen) atoms. The number of hydrogen-bond donors (Lipinski definition) is 2. The number of rotatable bonds is 5. The van der Waals surface area contributed by atoms with Crippen LogP contribution in [-0.2, 0) is 17.8 Å². The van der Waals surface area contributed by atoms with Crippen LogP contribution in [-0.4, -0.2) is 16.0 Å². The third kappa shape index (κ3) is 2.71. The van der Waals surface area contributed by atoms with E-state index in [0.29, 0.717) is 25.1 Å².